The lowest BCUT2D eigenvalue weighted by Gasteiger charge is -2.61. The zero-order valence-electron chi connectivity index (χ0n) is 11.0. The van der Waals surface area contributed by atoms with E-state index in [2.05, 4.69) is 10.1 Å². The van der Waals surface area contributed by atoms with Crippen molar-refractivity contribution in [1.29, 1.82) is 0 Å². The molecule has 0 aromatic carbocycles. The Hall–Kier alpha value is -1.39. The molecule has 1 heterocycles. The van der Waals surface area contributed by atoms with E-state index in [0.29, 0.717) is 18.3 Å². The fourth-order valence-electron chi connectivity index (χ4n) is 5.65. The Balaban J connectivity index is 1.74. The molecule has 0 unspecified atom stereocenters. The summed E-state index contributed by atoms with van der Waals surface area (Å²) in [6.45, 7) is 0. The fourth-order valence-corrected chi connectivity index (χ4v) is 5.65. The number of carboxylic acid groups (broad SMARTS) is 1. The van der Waals surface area contributed by atoms with Crippen molar-refractivity contribution >= 4 is 5.97 Å². The first-order chi connectivity index (χ1) is 9.09. The van der Waals surface area contributed by atoms with E-state index >= 15 is 0 Å². The van der Waals surface area contributed by atoms with Gasteiger partial charge in [-0.1, -0.05) is 0 Å². The molecule has 5 rings (SSSR count). The second-order valence-electron chi connectivity index (χ2n) is 7.10. The van der Waals surface area contributed by atoms with Crippen molar-refractivity contribution in [3.05, 3.63) is 12.7 Å². The van der Waals surface area contributed by atoms with Crippen molar-refractivity contribution in [1.82, 2.24) is 14.8 Å². The molecule has 5 heteroatoms. The molecule has 1 aromatic rings. The number of aliphatic carboxylic acids is 1. The Bertz CT molecular complexity index is 497. The van der Waals surface area contributed by atoms with Gasteiger partial charge in [0.2, 0.25) is 0 Å². The van der Waals surface area contributed by atoms with Gasteiger partial charge in [-0.05, 0) is 55.8 Å². The minimum Gasteiger partial charge on any atom is -0.481 e. The fraction of sp³-hybridized carbons (Fsp3) is 0.786. The first-order valence-corrected chi connectivity index (χ1v) is 7.16. The second-order valence-corrected chi connectivity index (χ2v) is 7.10. The maximum absolute atomic E-state index is 11.2. The largest absolute Gasteiger partial charge is 0.481 e. The number of hydrogen-bond donors (Lipinski definition) is 1. The van der Waals surface area contributed by atoms with E-state index in [9.17, 15) is 9.90 Å². The summed E-state index contributed by atoms with van der Waals surface area (Å²) in [5, 5.41) is 13.6. The highest BCUT2D eigenvalue weighted by Crippen LogP contribution is 2.65. The second kappa shape index (κ2) is 3.58. The van der Waals surface area contributed by atoms with Gasteiger partial charge in [-0.25, -0.2) is 9.67 Å². The predicted octanol–water partition coefficient (Wildman–Crippen LogP) is 2.05. The van der Waals surface area contributed by atoms with E-state index in [-0.39, 0.29) is 11.0 Å². The van der Waals surface area contributed by atoms with E-state index in [1.165, 1.54) is 6.42 Å². The van der Waals surface area contributed by atoms with E-state index < -0.39 is 5.97 Å². The average molecular weight is 261 g/mol. The maximum Gasteiger partial charge on any atom is 0.303 e. The van der Waals surface area contributed by atoms with Crippen molar-refractivity contribution in [2.45, 2.75) is 50.5 Å². The zero-order valence-corrected chi connectivity index (χ0v) is 11.0. The van der Waals surface area contributed by atoms with E-state index in [1.54, 1.807) is 6.33 Å². The van der Waals surface area contributed by atoms with Gasteiger partial charge in [0.05, 0.1) is 12.0 Å². The molecule has 4 bridgehead atoms. The van der Waals surface area contributed by atoms with Crippen LogP contribution in [-0.2, 0) is 10.3 Å². The van der Waals surface area contributed by atoms with Crippen molar-refractivity contribution in [2.24, 2.45) is 17.3 Å². The number of rotatable bonds is 3. The van der Waals surface area contributed by atoms with E-state index in [4.69, 9.17) is 0 Å². The number of carboxylic acids is 1. The Morgan fingerprint density at radius 3 is 2.63 bits per heavy atom. The summed E-state index contributed by atoms with van der Waals surface area (Å²) < 4.78 is 2.03. The smallest absolute Gasteiger partial charge is 0.303 e. The summed E-state index contributed by atoms with van der Waals surface area (Å²) in [6, 6.07) is 0. The Labute approximate surface area is 112 Å². The minimum atomic E-state index is -0.643. The molecule has 5 nitrogen and oxygen atoms in total. The van der Waals surface area contributed by atoms with Crippen molar-refractivity contribution in [3.8, 4) is 0 Å². The van der Waals surface area contributed by atoms with Gasteiger partial charge < -0.3 is 5.11 Å². The molecule has 0 radical (unpaired) electrons. The van der Waals surface area contributed by atoms with E-state index in [1.807, 2.05) is 11.0 Å². The summed E-state index contributed by atoms with van der Waals surface area (Å²) in [5.41, 5.74) is 0.0674. The molecular weight excluding hydrogens is 242 g/mol. The molecule has 2 atom stereocenters. The SMILES string of the molecule is O=C(O)CC12C[C@H]3C[C@H](C1)CC(n1cncn1)(C3)C2. The summed E-state index contributed by atoms with van der Waals surface area (Å²) >= 11 is 0. The first-order valence-electron chi connectivity index (χ1n) is 7.16. The summed E-state index contributed by atoms with van der Waals surface area (Å²) in [7, 11) is 0. The van der Waals surface area contributed by atoms with Gasteiger partial charge in [0.15, 0.2) is 0 Å². The molecule has 0 amide bonds. The molecule has 4 aliphatic rings. The van der Waals surface area contributed by atoms with Crippen LogP contribution in [-0.4, -0.2) is 25.8 Å². The molecule has 1 aromatic heterocycles. The third-order valence-corrected chi connectivity index (χ3v) is 5.58. The molecule has 102 valence electrons. The highest BCUT2D eigenvalue weighted by molar-refractivity contribution is 5.67. The lowest BCUT2D eigenvalue weighted by molar-refractivity contribution is -0.151. The zero-order chi connectivity index (χ0) is 13.1. The van der Waals surface area contributed by atoms with Gasteiger partial charge in [0.1, 0.15) is 12.7 Å². The molecule has 0 saturated heterocycles. The molecule has 4 fully saturated rings. The monoisotopic (exact) mass is 261 g/mol. The van der Waals surface area contributed by atoms with Crippen LogP contribution in [0, 0.1) is 17.3 Å². The normalized spacial score (nSPS) is 43.6. The molecule has 4 saturated carbocycles. The molecule has 0 aliphatic heterocycles. The topological polar surface area (TPSA) is 68.0 Å². The van der Waals surface area contributed by atoms with Crippen LogP contribution in [0.25, 0.3) is 0 Å². The van der Waals surface area contributed by atoms with Crippen LogP contribution in [0.15, 0.2) is 12.7 Å². The standard InChI is InChI=1S/C14H19N3O2/c18-12(19)6-13-2-10-1-11(3-13)5-14(4-10,7-13)17-9-15-8-16-17/h8-11H,1-7H2,(H,18,19)/t10-,11-,13?,14?/m1/s1. The first kappa shape index (κ1) is 11.4. The van der Waals surface area contributed by atoms with Gasteiger partial charge >= 0.3 is 5.97 Å². The van der Waals surface area contributed by atoms with Crippen LogP contribution in [0.4, 0.5) is 0 Å². The highest BCUT2D eigenvalue weighted by atomic mass is 16.4. The number of carbonyl (C=O) groups is 1. The van der Waals surface area contributed by atoms with Crippen molar-refractivity contribution < 1.29 is 9.90 Å². The lowest BCUT2D eigenvalue weighted by Crippen LogP contribution is -2.57. The number of hydrogen-bond acceptors (Lipinski definition) is 3. The third kappa shape index (κ3) is 1.63. The Morgan fingerprint density at radius 1 is 1.32 bits per heavy atom. The van der Waals surface area contributed by atoms with Gasteiger partial charge in [-0.2, -0.15) is 5.10 Å². The highest BCUT2D eigenvalue weighted by Gasteiger charge is 2.59. The summed E-state index contributed by atoms with van der Waals surface area (Å²) in [4.78, 5) is 15.3. The predicted molar refractivity (Wildman–Crippen MR) is 67.4 cm³/mol. The van der Waals surface area contributed by atoms with Gasteiger partial charge in [0.25, 0.3) is 0 Å². The van der Waals surface area contributed by atoms with Crippen LogP contribution < -0.4 is 0 Å². The Morgan fingerprint density at radius 2 is 2.05 bits per heavy atom. The number of nitrogens with zero attached hydrogens (tertiary/aromatic N) is 3. The van der Waals surface area contributed by atoms with Crippen molar-refractivity contribution in [2.75, 3.05) is 0 Å². The molecule has 4 aliphatic carbocycles. The average Bonchev–Trinajstić information content (AvgIpc) is 2.78. The molecule has 1 N–H and O–H groups in total. The quantitative estimate of drug-likeness (QED) is 0.904. The van der Waals surface area contributed by atoms with E-state index in [0.717, 1.165) is 32.1 Å². The van der Waals surface area contributed by atoms with Crippen LogP contribution in [0.1, 0.15) is 44.9 Å². The molecule has 19 heavy (non-hydrogen) atoms. The summed E-state index contributed by atoms with van der Waals surface area (Å²) in [5.74, 6) is 0.727. The third-order valence-electron chi connectivity index (χ3n) is 5.58. The Kier molecular flexibility index (Phi) is 2.16. The molecular formula is C14H19N3O2. The summed E-state index contributed by atoms with van der Waals surface area (Å²) in [6.07, 6.45) is 10.5. The maximum atomic E-state index is 11.2. The van der Waals surface area contributed by atoms with Crippen LogP contribution in [0.3, 0.4) is 0 Å². The number of aromatic nitrogens is 3. The van der Waals surface area contributed by atoms with Crippen LogP contribution >= 0.6 is 0 Å². The van der Waals surface area contributed by atoms with Gasteiger partial charge in [0, 0.05) is 0 Å². The van der Waals surface area contributed by atoms with Crippen LogP contribution in [0.2, 0.25) is 0 Å². The van der Waals surface area contributed by atoms with Crippen molar-refractivity contribution in [3.63, 3.8) is 0 Å². The lowest BCUT2D eigenvalue weighted by atomic mass is 9.46. The van der Waals surface area contributed by atoms with Gasteiger partial charge in [-0.15, -0.1) is 0 Å². The minimum absolute atomic E-state index is 0.0157. The van der Waals surface area contributed by atoms with Gasteiger partial charge in [-0.3, -0.25) is 4.79 Å². The van der Waals surface area contributed by atoms with Crippen LogP contribution in [0.5, 0.6) is 0 Å². The molecule has 0 spiro atoms.